The van der Waals surface area contributed by atoms with Crippen molar-refractivity contribution in [1.29, 1.82) is 0 Å². The summed E-state index contributed by atoms with van der Waals surface area (Å²) in [4.78, 5) is 0.701. The fraction of sp³-hybridized carbons (Fsp3) is 0.280. The molecule has 0 spiro atoms. The third-order valence-electron chi connectivity index (χ3n) is 5.43. The maximum Gasteiger partial charge on any atom is 0.458 e. The smallest absolute Gasteiger partial charge is 0.457 e. The molecule has 0 aromatic heterocycles. The Hall–Kier alpha value is -3.26. The van der Waals surface area contributed by atoms with Crippen molar-refractivity contribution in [3.05, 3.63) is 88.4 Å². The van der Waals surface area contributed by atoms with Crippen LogP contribution in [0.1, 0.15) is 16.7 Å². The fourth-order valence-electron chi connectivity index (χ4n) is 3.49. The topological polar surface area (TPSA) is 32.7 Å². The van der Waals surface area contributed by atoms with E-state index in [2.05, 4.69) is 0 Å². The summed E-state index contributed by atoms with van der Waals surface area (Å²) in [7, 11) is 0. The predicted octanol–water partition coefficient (Wildman–Crippen LogP) is 8.74. The van der Waals surface area contributed by atoms with Crippen LogP contribution >= 0.6 is 11.6 Å². The minimum atomic E-state index is -5.94. The van der Waals surface area contributed by atoms with E-state index < -0.39 is 59.8 Å². The number of alkyl halides is 11. The lowest BCUT2D eigenvalue weighted by molar-refractivity contribution is -0.289. The van der Waals surface area contributed by atoms with Crippen molar-refractivity contribution in [1.82, 2.24) is 0 Å². The molecule has 3 aromatic carbocycles. The van der Waals surface area contributed by atoms with Gasteiger partial charge in [0.25, 0.3) is 12.3 Å². The minimum Gasteiger partial charge on any atom is -0.457 e. The third-order valence-corrected chi connectivity index (χ3v) is 5.76. The number of benzene rings is 3. The largest absolute Gasteiger partial charge is 0.458 e. The van der Waals surface area contributed by atoms with E-state index in [9.17, 15) is 53.4 Å². The molecule has 0 amide bonds. The average molecular weight is 608 g/mol. The summed E-state index contributed by atoms with van der Waals surface area (Å²) in [6.07, 6.45) is -14.7. The van der Waals surface area contributed by atoms with E-state index in [1.165, 1.54) is 18.2 Å². The standard InChI is InChI=1S/C25H17ClF11NO2/c26-20-8-7-18(11-19(20)24(32,33)34)40-17-6-2-5-16(10-17)38(13-22(29,39)21(27)28)12-14-3-1-4-15(9-14)23(30,31)25(35,36)37/h1-11,21,39H,12-13H2. The van der Waals surface area contributed by atoms with E-state index in [0.717, 1.165) is 30.3 Å². The second kappa shape index (κ2) is 11.3. The van der Waals surface area contributed by atoms with Gasteiger partial charge in [-0.05, 0) is 42.0 Å². The van der Waals surface area contributed by atoms with Gasteiger partial charge in [0, 0.05) is 23.9 Å². The highest BCUT2D eigenvalue weighted by molar-refractivity contribution is 6.31. The molecule has 40 heavy (non-hydrogen) atoms. The predicted molar refractivity (Wildman–Crippen MR) is 122 cm³/mol. The van der Waals surface area contributed by atoms with Crippen LogP contribution in [0.25, 0.3) is 0 Å². The van der Waals surface area contributed by atoms with E-state index in [-0.39, 0.29) is 22.7 Å². The van der Waals surface area contributed by atoms with Gasteiger partial charge in [0.15, 0.2) is 0 Å². The van der Waals surface area contributed by atoms with Crippen LogP contribution < -0.4 is 9.64 Å². The molecule has 1 unspecified atom stereocenters. The molecule has 0 aliphatic rings. The van der Waals surface area contributed by atoms with Crippen molar-refractivity contribution >= 4 is 17.3 Å². The van der Waals surface area contributed by atoms with Gasteiger partial charge in [-0.3, -0.25) is 0 Å². The molecular weight excluding hydrogens is 591 g/mol. The summed E-state index contributed by atoms with van der Waals surface area (Å²) in [6, 6.07) is 10.1. The van der Waals surface area contributed by atoms with Gasteiger partial charge in [-0.25, -0.2) is 13.2 Å². The van der Waals surface area contributed by atoms with Crippen molar-refractivity contribution in [3.63, 3.8) is 0 Å². The van der Waals surface area contributed by atoms with Gasteiger partial charge in [-0.2, -0.15) is 35.1 Å². The molecule has 0 saturated carbocycles. The van der Waals surface area contributed by atoms with Crippen LogP contribution in [-0.2, 0) is 18.6 Å². The Bertz CT molecular complexity index is 1330. The average Bonchev–Trinajstić information content (AvgIpc) is 2.83. The number of halogens is 12. The first-order valence-electron chi connectivity index (χ1n) is 10.9. The van der Waals surface area contributed by atoms with Gasteiger partial charge >= 0.3 is 18.3 Å². The normalized spacial score (nSPS) is 14.2. The second-order valence-electron chi connectivity index (χ2n) is 8.49. The quantitative estimate of drug-likeness (QED) is 0.247. The molecule has 0 fully saturated rings. The zero-order valence-corrected chi connectivity index (χ0v) is 20.4. The summed E-state index contributed by atoms with van der Waals surface area (Å²) in [5.41, 5.74) is -3.20. The summed E-state index contributed by atoms with van der Waals surface area (Å²) >= 11 is 5.57. The third kappa shape index (κ3) is 7.27. The Balaban J connectivity index is 1.98. The number of anilines is 1. The van der Waals surface area contributed by atoms with E-state index in [0.29, 0.717) is 23.1 Å². The van der Waals surface area contributed by atoms with Crippen LogP contribution in [-0.4, -0.2) is 30.1 Å². The van der Waals surface area contributed by atoms with Crippen molar-refractivity contribution < 1.29 is 58.1 Å². The zero-order chi connectivity index (χ0) is 30.1. The molecule has 3 nitrogen and oxygen atoms in total. The Morgan fingerprint density at radius 1 is 0.800 bits per heavy atom. The van der Waals surface area contributed by atoms with Gasteiger partial charge in [-0.15, -0.1) is 0 Å². The van der Waals surface area contributed by atoms with Gasteiger partial charge in [0.05, 0.1) is 17.1 Å². The number of ether oxygens (including phenoxy) is 1. The number of hydrogen-bond donors (Lipinski definition) is 1. The number of rotatable bonds is 9. The molecule has 3 aromatic rings. The number of aliphatic hydroxyl groups is 1. The lowest BCUT2D eigenvalue weighted by Gasteiger charge is -2.31. The summed E-state index contributed by atoms with van der Waals surface area (Å²) in [5.74, 6) is -9.96. The van der Waals surface area contributed by atoms with Crippen molar-refractivity contribution in [2.24, 2.45) is 0 Å². The molecule has 0 saturated heterocycles. The van der Waals surface area contributed by atoms with Crippen molar-refractivity contribution in [2.75, 3.05) is 11.4 Å². The second-order valence-corrected chi connectivity index (χ2v) is 8.89. The van der Waals surface area contributed by atoms with Crippen LogP contribution in [0.5, 0.6) is 11.5 Å². The first-order valence-corrected chi connectivity index (χ1v) is 11.3. The van der Waals surface area contributed by atoms with Crippen LogP contribution in [0.2, 0.25) is 5.02 Å². The number of nitrogens with zero attached hydrogens (tertiary/aromatic N) is 1. The monoisotopic (exact) mass is 607 g/mol. The number of hydrogen-bond acceptors (Lipinski definition) is 3. The molecule has 218 valence electrons. The van der Waals surface area contributed by atoms with Gasteiger partial charge < -0.3 is 14.7 Å². The van der Waals surface area contributed by atoms with E-state index in [1.807, 2.05) is 0 Å². The molecule has 15 heteroatoms. The highest BCUT2D eigenvalue weighted by atomic mass is 35.5. The van der Waals surface area contributed by atoms with E-state index >= 15 is 0 Å². The molecule has 0 bridgehead atoms. The maximum atomic E-state index is 14.3. The summed E-state index contributed by atoms with van der Waals surface area (Å²) < 4.78 is 151. The van der Waals surface area contributed by atoms with Crippen LogP contribution in [0.3, 0.4) is 0 Å². The molecular formula is C25H17ClF11NO2. The Morgan fingerprint density at radius 2 is 1.43 bits per heavy atom. The minimum absolute atomic E-state index is 0.199. The van der Waals surface area contributed by atoms with Gasteiger partial charge in [0.2, 0.25) is 0 Å². The highest BCUT2D eigenvalue weighted by Gasteiger charge is 2.58. The van der Waals surface area contributed by atoms with Gasteiger partial charge in [-0.1, -0.05) is 35.9 Å². The molecule has 0 aliphatic carbocycles. The molecule has 0 radical (unpaired) electrons. The first kappa shape index (κ1) is 31.3. The van der Waals surface area contributed by atoms with Crippen LogP contribution in [0, 0.1) is 0 Å². The lowest BCUT2D eigenvalue weighted by Crippen LogP contribution is -2.45. The summed E-state index contributed by atoms with van der Waals surface area (Å²) in [6.45, 7) is -2.23. The van der Waals surface area contributed by atoms with Crippen LogP contribution in [0.15, 0.2) is 66.7 Å². The zero-order valence-electron chi connectivity index (χ0n) is 19.7. The fourth-order valence-corrected chi connectivity index (χ4v) is 3.71. The molecule has 3 rings (SSSR count). The first-order chi connectivity index (χ1) is 18.3. The Labute approximate surface area is 224 Å². The molecule has 0 heterocycles. The van der Waals surface area contributed by atoms with E-state index in [1.54, 1.807) is 0 Å². The Morgan fingerprint density at radius 3 is 2.02 bits per heavy atom. The molecule has 1 atom stereocenters. The van der Waals surface area contributed by atoms with Crippen LogP contribution in [0.4, 0.5) is 54.0 Å². The molecule has 0 aliphatic heterocycles. The van der Waals surface area contributed by atoms with Crippen molar-refractivity contribution in [3.8, 4) is 11.5 Å². The van der Waals surface area contributed by atoms with E-state index in [4.69, 9.17) is 16.3 Å². The Kier molecular flexibility index (Phi) is 8.85. The SMILES string of the molecule is OC(F)(CN(Cc1cccc(C(F)(F)C(F)(F)F)c1)c1cccc(Oc2ccc(Cl)c(C(F)(F)F)c2)c1)C(F)F. The highest BCUT2D eigenvalue weighted by Crippen LogP contribution is 2.44. The summed E-state index contributed by atoms with van der Waals surface area (Å²) in [5, 5.41) is 8.93. The molecule has 1 N–H and O–H groups in total. The maximum absolute atomic E-state index is 14.3. The van der Waals surface area contributed by atoms with Gasteiger partial charge in [0.1, 0.15) is 11.5 Å². The van der Waals surface area contributed by atoms with Crippen molar-refractivity contribution in [2.45, 2.75) is 37.1 Å². The lowest BCUT2D eigenvalue weighted by atomic mass is 10.0.